The van der Waals surface area contributed by atoms with E-state index in [2.05, 4.69) is 5.32 Å². The molecule has 0 radical (unpaired) electrons. The Balaban J connectivity index is 2.36. The predicted octanol–water partition coefficient (Wildman–Crippen LogP) is 2.71. The summed E-state index contributed by atoms with van der Waals surface area (Å²) in [5.41, 5.74) is 1.13. The molecule has 0 bridgehead atoms. The first-order chi connectivity index (χ1) is 13.1. The lowest BCUT2D eigenvalue weighted by molar-refractivity contribution is -0.116. The molecule has 1 amide bonds. The van der Waals surface area contributed by atoms with Crippen molar-refractivity contribution in [3.63, 3.8) is 0 Å². The maximum Gasteiger partial charge on any atom is 0.338 e. The van der Waals surface area contributed by atoms with Crippen LogP contribution in [0.5, 0.6) is 0 Å². The standard InChI is InChI=1S/C19H21FN2O5S/c1-12-16(19(24)27-3)9-6-10-17(12)21-18(23)13(2)22(28(4,25)26)15-8-5-7-14(20)11-15/h5-11,13H,1-4H3,(H,21,23)/t13-/m0/s1. The first-order valence-electron chi connectivity index (χ1n) is 8.30. The van der Waals surface area contributed by atoms with Gasteiger partial charge in [0.1, 0.15) is 11.9 Å². The summed E-state index contributed by atoms with van der Waals surface area (Å²) in [6, 6.07) is 8.51. The highest BCUT2D eigenvalue weighted by atomic mass is 32.2. The Hall–Kier alpha value is -2.94. The fourth-order valence-corrected chi connectivity index (χ4v) is 3.93. The highest BCUT2D eigenvalue weighted by Crippen LogP contribution is 2.24. The molecular formula is C19H21FN2O5S. The predicted molar refractivity (Wildman–Crippen MR) is 104 cm³/mol. The van der Waals surface area contributed by atoms with Crippen LogP contribution < -0.4 is 9.62 Å². The summed E-state index contributed by atoms with van der Waals surface area (Å²) in [7, 11) is -2.63. The third kappa shape index (κ3) is 4.66. The Morgan fingerprint density at radius 3 is 2.39 bits per heavy atom. The fourth-order valence-electron chi connectivity index (χ4n) is 2.76. The molecular weight excluding hydrogens is 387 g/mol. The zero-order valence-corrected chi connectivity index (χ0v) is 16.7. The van der Waals surface area contributed by atoms with Crippen LogP contribution in [-0.4, -0.2) is 39.7 Å². The van der Waals surface area contributed by atoms with Crippen molar-refractivity contribution in [3.05, 3.63) is 59.4 Å². The number of halogens is 1. The zero-order chi connectivity index (χ0) is 21.1. The molecule has 0 saturated carbocycles. The largest absolute Gasteiger partial charge is 0.465 e. The molecule has 0 aliphatic rings. The zero-order valence-electron chi connectivity index (χ0n) is 15.9. The molecule has 1 atom stereocenters. The van der Waals surface area contributed by atoms with Gasteiger partial charge >= 0.3 is 5.97 Å². The average molecular weight is 408 g/mol. The summed E-state index contributed by atoms with van der Waals surface area (Å²) in [5.74, 6) is -1.82. The van der Waals surface area contributed by atoms with Crippen molar-refractivity contribution in [1.82, 2.24) is 0 Å². The van der Waals surface area contributed by atoms with E-state index in [0.29, 0.717) is 11.3 Å². The molecule has 0 spiro atoms. The summed E-state index contributed by atoms with van der Waals surface area (Å²) in [5, 5.41) is 2.62. The number of benzene rings is 2. The van der Waals surface area contributed by atoms with Gasteiger partial charge in [-0.15, -0.1) is 0 Å². The van der Waals surface area contributed by atoms with E-state index in [9.17, 15) is 22.4 Å². The minimum absolute atomic E-state index is 0.0326. The van der Waals surface area contributed by atoms with E-state index in [4.69, 9.17) is 4.74 Å². The van der Waals surface area contributed by atoms with Crippen molar-refractivity contribution in [2.45, 2.75) is 19.9 Å². The number of carbonyl (C=O) groups excluding carboxylic acids is 2. The van der Waals surface area contributed by atoms with Crippen LogP contribution in [0.2, 0.25) is 0 Å². The van der Waals surface area contributed by atoms with Crippen LogP contribution in [0.15, 0.2) is 42.5 Å². The summed E-state index contributed by atoms with van der Waals surface area (Å²) >= 11 is 0. The molecule has 28 heavy (non-hydrogen) atoms. The number of nitrogens with zero attached hydrogens (tertiary/aromatic N) is 1. The Morgan fingerprint density at radius 2 is 1.82 bits per heavy atom. The van der Waals surface area contributed by atoms with Crippen LogP contribution in [0.4, 0.5) is 15.8 Å². The molecule has 0 fully saturated rings. The molecule has 2 aromatic carbocycles. The maximum absolute atomic E-state index is 13.6. The molecule has 2 aromatic rings. The van der Waals surface area contributed by atoms with Gasteiger partial charge in [-0.3, -0.25) is 9.10 Å². The average Bonchev–Trinajstić information content (AvgIpc) is 2.61. The summed E-state index contributed by atoms with van der Waals surface area (Å²) < 4.78 is 43.6. The second kappa shape index (κ2) is 8.39. The monoisotopic (exact) mass is 408 g/mol. The van der Waals surface area contributed by atoms with Gasteiger partial charge in [0.2, 0.25) is 15.9 Å². The van der Waals surface area contributed by atoms with Crippen LogP contribution in [-0.2, 0) is 19.6 Å². The normalized spacial score (nSPS) is 12.2. The van der Waals surface area contributed by atoms with Gasteiger partial charge in [-0.2, -0.15) is 0 Å². The number of hydrogen-bond donors (Lipinski definition) is 1. The number of methoxy groups -OCH3 is 1. The number of ether oxygens (including phenoxy) is 1. The van der Waals surface area contributed by atoms with Gasteiger partial charge in [0.25, 0.3) is 0 Å². The summed E-state index contributed by atoms with van der Waals surface area (Å²) in [6.07, 6.45) is 0.935. The molecule has 150 valence electrons. The lowest BCUT2D eigenvalue weighted by Crippen LogP contribution is -2.45. The second-order valence-electron chi connectivity index (χ2n) is 6.17. The maximum atomic E-state index is 13.6. The van der Waals surface area contributed by atoms with E-state index in [0.717, 1.165) is 16.6 Å². The smallest absolute Gasteiger partial charge is 0.338 e. The van der Waals surface area contributed by atoms with Crippen LogP contribution in [0.3, 0.4) is 0 Å². The first-order valence-corrected chi connectivity index (χ1v) is 10.1. The van der Waals surface area contributed by atoms with E-state index in [1.54, 1.807) is 25.1 Å². The van der Waals surface area contributed by atoms with Crippen LogP contribution >= 0.6 is 0 Å². The number of carbonyl (C=O) groups is 2. The van der Waals surface area contributed by atoms with Crippen molar-refractivity contribution in [2.75, 3.05) is 23.0 Å². The molecule has 0 saturated heterocycles. The van der Waals surface area contributed by atoms with Crippen molar-refractivity contribution in [2.24, 2.45) is 0 Å². The molecule has 9 heteroatoms. The Bertz CT molecular complexity index is 1010. The minimum Gasteiger partial charge on any atom is -0.465 e. The first kappa shape index (κ1) is 21.4. The van der Waals surface area contributed by atoms with E-state index in [-0.39, 0.29) is 11.3 Å². The summed E-state index contributed by atoms with van der Waals surface area (Å²) in [4.78, 5) is 24.5. The van der Waals surface area contributed by atoms with Gasteiger partial charge in [0.15, 0.2) is 0 Å². The molecule has 1 N–H and O–H groups in total. The Kier molecular flexibility index (Phi) is 6.40. The highest BCUT2D eigenvalue weighted by Gasteiger charge is 2.30. The number of sulfonamides is 1. The van der Waals surface area contributed by atoms with Crippen molar-refractivity contribution < 1.29 is 27.1 Å². The number of amides is 1. The number of esters is 1. The van der Waals surface area contributed by atoms with E-state index in [1.807, 2.05) is 0 Å². The molecule has 2 rings (SSSR count). The minimum atomic E-state index is -3.88. The lowest BCUT2D eigenvalue weighted by Gasteiger charge is -2.28. The fraction of sp³-hybridized carbons (Fsp3) is 0.263. The SMILES string of the molecule is COC(=O)c1cccc(NC(=O)[C@H](C)N(c2cccc(F)c2)S(C)(=O)=O)c1C. The van der Waals surface area contributed by atoms with E-state index < -0.39 is 33.8 Å². The third-order valence-electron chi connectivity index (χ3n) is 4.15. The van der Waals surface area contributed by atoms with E-state index >= 15 is 0 Å². The molecule has 7 nitrogen and oxygen atoms in total. The summed E-state index contributed by atoms with van der Waals surface area (Å²) in [6.45, 7) is 3.02. The number of rotatable bonds is 6. The molecule has 0 heterocycles. The van der Waals surface area contributed by atoms with Crippen molar-refractivity contribution in [3.8, 4) is 0 Å². The third-order valence-corrected chi connectivity index (χ3v) is 5.39. The topological polar surface area (TPSA) is 92.8 Å². The Morgan fingerprint density at radius 1 is 1.18 bits per heavy atom. The van der Waals surface area contributed by atoms with Gasteiger partial charge < -0.3 is 10.1 Å². The second-order valence-corrected chi connectivity index (χ2v) is 8.03. The van der Waals surface area contributed by atoms with Crippen LogP contribution in [0.25, 0.3) is 0 Å². The number of nitrogens with one attached hydrogen (secondary N) is 1. The van der Waals surface area contributed by atoms with Crippen molar-refractivity contribution >= 4 is 33.3 Å². The molecule has 0 aliphatic carbocycles. The number of anilines is 2. The van der Waals surface area contributed by atoms with Gasteiger partial charge in [0.05, 0.1) is 24.6 Å². The Labute approximate surface area is 163 Å². The van der Waals surface area contributed by atoms with Crippen LogP contribution in [0.1, 0.15) is 22.8 Å². The van der Waals surface area contributed by atoms with Crippen molar-refractivity contribution in [1.29, 1.82) is 0 Å². The quantitative estimate of drug-likeness (QED) is 0.742. The lowest BCUT2D eigenvalue weighted by atomic mass is 10.1. The van der Waals surface area contributed by atoms with Crippen LogP contribution in [0, 0.1) is 12.7 Å². The molecule has 0 aromatic heterocycles. The highest BCUT2D eigenvalue weighted by molar-refractivity contribution is 7.92. The molecule has 0 aliphatic heterocycles. The van der Waals surface area contributed by atoms with Gasteiger partial charge in [0, 0.05) is 5.69 Å². The number of hydrogen-bond acceptors (Lipinski definition) is 5. The van der Waals surface area contributed by atoms with Gasteiger partial charge in [-0.1, -0.05) is 12.1 Å². The van der Waals surface area contributed by atoms with E-state index in [1.165, 1.54) is 32.2 Å². The molecule has 0 unspecified atom stereocenters. The van der Waals surface area contributed by atoms with Gasteiger partial charge in [-0.25, -0.2) is 17.6 Å². The van der Waals surface area contributed by atoms with Gasteiger partial charge in [-0.05, 0) is 49.7 Å².